The number of ether oxygens (including phenoxy) is 2. The zero-order valence-corrected chi connectivity index (χ0v) is 21.1. The Morgan fingerprint density at radius 1 is 0.971 bits per heavy atom. The monoisotopic (exact) mass is 463 g/mol. The minimum absolute atomic E-state index is 0.0822. The van der Waals surface area contributed by atoms with Crippen molar-refractivity contribution < 1.29 is 19.1 Å². The molecule has 0 heterocycles. The lowest BCUT2D eigenvalue weighted by atomic mass is 10.1. The third-order valence-electron chi connectivity index (χ3n) is 5.35. The predicted octanol–water partition coefficient (Wildman–Crippen LogP) is 6.41. The van der Waals surface area contributed by atoms with Crippen molar-refractivity contribution in [3.05, 3.63) is 88.5 Å². The Balaban J connectivity index is 2.20. The van der Waals surface area contributed by atoms with Crippen LogP contribution in [-0.2, 0) is 20.8 Å². The number of hydrogen-bond donors (Lipinski definition) is 0. The molecule has 0 aliphatic carbocycles. The zero-order valence-electron chi connectivity index (χ0n) is 21.1. The molecule has 0 saturated heterocycles. The number of carbonyl (C=O) groups is 2. The van der Waals surface area contributed by atoms with Crippen LogP contribution in [0.25, 0.3) is 0 Å². The summed E-state index contributed by atoms with van der Waals surface area (Å²) >= 11 is 0. The van der Waals surface area contributed by atoms with E-state index in [1.807, 2.05) is 49.4 Å². The minimum Gasteiger partial charge on any atom is -0.462 e. The smallest absolute Gasteiger partial charge is 0.340 e. The highest BCUT2D eigenvalue weighted by molar-refractivity contribution is 6.03. The van der Waals surface area contributed by atoms with E-state index < -0.39 is 5.97 Å². The summed E-state index contributed by atoms with van der Waals surface area (Å²) in [5, 5.41) is 0. The van der Waals surface area contributed by atoms with Gasteiger partial charge in [-0.3, -0.25) is 4.79 Å². The van der Waals surface area contributed by atoms with Crippen LogP contribution >= 0.6 is 0 Å². The van der Waals surface area contributed by atoms with E-state index in [9.17, 15) is 9.59 Å². The zero-order chi connectivity index (χ0) is 24.9. The summed E-state index contributed by atoms with van der Waals surface area (Å²) < 4.78 is 11.0. The van der Waals surface area contributed by atoms with Gasteiger partial charge in [0.25, 0.3) is 5.91 Å². The summed E-state index contributed by atoms with van der Waals surface area (Å²) in [5.74, 6) is -0.651. The molecule has 2 aromatic carbocycles. The van der Waals surface area contributed by atoms with Gasteiger partial charge in [-0.05, 0) is 64.7 Å². The van der Waals surface area contributed by atoms with Gasteiger partial charge in [0.1, 0.15) is 6.61 Å². The molecule has 0 bridgehead atoms. The Labute approximate surface area is 204 Å². The Morgan fingerprint density at radius 2 is 1.71 bits per heavy atom. The molecule has 0 atom stereocenters. The first-order valence-corrected chi connectivity index (χ1v) is 11.8. The van der Waals surface area contributed by atoms with Crippen molar-refractivity contribution in [2.75, 3.05) is 24.7 Å². The highest BCUT2D eigenvalue weighted by Crippen LogP contribution is 2.28. The number of para-hydroxylation sites is 1. The van der Waals surface area contributed by atoms with E-state index in [-0.39, 0.29) is 19.1 Å². The van der Waals surface area contributed by atoms with Gasteiger partial charge in [-0.15, -0.1) is 0 Å². The second-order valence-corrected chi connectivity index (χ2v) is 8.54. The lowest BCUT2D eigenvalue weighted by molar-refractivity contribution is -0.122. The molecular weight excluding hydrogens is 426 g/mol. The topological polar surface area (TPSA) is 55.8 Å². The SMILES string of the molecule is CCOC(=O)c1cccc(C)c1N(Cc1ccccc1)C(=O)COC/C=C(\C)CCC=C(C)C. The first-order valence-electron chi connectivity index (χ1n) is 11.8. The van der Waals surface area contributed by atoms with Gasteiger partial charge in [-0.1, -0.05) is 65.8 Å². The minimum atomic E-state index is -0.442. The Morgan fingerprint density at radius 3 is 2.38 bits per heavy atom. The summed E-state index contributed by atoms with van der Waals surface area (Å²) in [5.41, 5.74) is 5.27. The average Bonchev–Trinajstić information content (AvgIpc) is 2.81. The second-order valence-electron chi connectivity index (χ2n) is 8.54. The van der Waals surface area contributed by atoms with Crippen LogP contribution < -0.4 is 4.90 Å². The standard InChI is InChI=1S/C29H37NO4/c1-6-34-29(32)26-17-11-14-24(5)28(26)30(20-25-15-8-7-9-16-25)27(31)21-33-19-18-23(4)13-10-12-22(2)3/h7-9,11-12,14-18H,6,10,13,19-21H2,1-5H3/b23-18+. The number of rotatable bonds is 12. The van der Waals surface area contributed by atoms with E-state index in [4.69, 9.17) is 9.47 Å². The maximum absolute atomic E-state index is 13.3. The molecule has 0 aliphatic heterocycles. The molecule has 0 radical (unpaired) electrons. The molecule has 0 saturated carbocycles. The molecule has 0 aromatic heterocycles. The van der Waals surface area contributed by atoms with E-state index in [1.54, 1.807) is 24.0 Å². The number of amides is 1. The Hall–Kier alpha value is -3.18. The molecule has 0 fully saturated rings. The van der Waals surface area contributed by atoms with Crippen LogP contribution in [0.5, 0.6) is 0 Å². The highest BCUT2D eigenvalue weighted by Gasteiger charge is 2.24. The van der Waals surface area contributed by atoms with Crippen molar-refractivity contribution in [2.45, 2.75) is 54.0 Å². The van der Waals surface area contributed by atoms with Crippen LogP contribution in [0.3, 0.4) is 0 Å². The molecule has 182 valence electrons. The number of esters is 1. The molecule has 0 N–H and O–H groups in total. The average molecular weight is 464 g/mol. The Kier molecular flexibility index (Phi) is 11.3. The predicted molar refractivity (Wildman–Crippen MR) is 138 cm³/mol. The Bertz CT molecular complexity index is 1000. The largest absolute Gasteiger partial charge is 0.462 e. The molecule has 2 aromatic rings. The van der Waals surface area contributed by atoms with Crippen LogP contribution in [0.2, 0.25) is 0 Å². The summed E-state index contributed by atoms with van der Waals surface area (Å²) in [4.78, 5) is 27.6. The van der Waals surface area contributed by atoms with Crippen molar-refractivity contribution in [2.24, 2.45) is 0 Å². The number of allylic oxidation sites excluding steroid dienone is 3. The molecule has 2 rings (SSSR count). The summed E-state index contributed by atoms with van der Waals surface area (Å²) in [6.45, 7) is 10.8. The van der Waals surface area contributed by atoms with Gasteiger partial charge in [-0.2, -0.15) is 0 Å². The van der Waals surface area contributed by atoms with Crippen LogP contribution in [-0.4, -0.2) is 31.7 Å². The maximum Gasteiger partial charge on any atom is 0.340 e. The maximum atomic E-state index is 13.3. The van der Waals surface area contributed by atoms with Crippen molar-refractivity contribution in [1.82, 2.24) is 0 Å². The number of carbonyl (C=O) groups excluding carboxylic acids is 2. The lowest BCUT2D eigenvalue weighted by Gasteiger charge is -2.26. The van der Waals surface area contributed by atoms with Crippen LogP contribution in [0.1, 0.15) is 62.0 Å². The summed E-state index contributed by atoms with van der Waals surface area (Å²) in [6.07, 6.45) is 6.20. The lowest BCUT2D eigenvalue weighted by Crippen LogP contribution is -2.35. The van der Waals surface area contributed by atoms with Gasteiger partial charge in [0.05, 0.1) is 31.0 Å². The first-order chi connectivity index (χ1) is 16.3. The van der Waals surface area contributed by atoms with Crippen LogP contribution in [0.15, 0.2) is 71.8 Å². The van der Waals surface area contributed by atoms with Gasteiger partial charge in [-0.25, -0.2) is 4.79 Å². The third-order valence-corrected chi connectivity index (χ3v) is 5.35. The number of aryl methyl sites for hydroxylation is 1. The number of benzene rings is 2. The van der Waals surface area contributed by atoms with E-state index in [2.05, 4.69) is 26.8 Å². The quantitative estimate of drug-likeness (QED) is 0.207. The van der Waals surface area contributed by atoms with Gasteiger partial charge in [0.15, 0.2) is 0 Å². The number of nitrogens with zero attached hydrogens (tertiary/aromatic N) is 1. The number of anilines is 1. The summed E-state index contributed by atoms with van der Waals surface area (Å²) in [6, 6.07) is 15.1. The first kappa shape index (κ1) is 27.1. The molecule has 34 heavy (non-hydrogen) atoms. The third kappa shape index (κ3) is 8.64. The van der Waals surface area contributed by atoms with Crippen LogP contribution in [0, 0.1) is 6.92 Å². The van der Waals surface area contributed by atoms with Crippen molar-refractivity contribution in [1.29, 1.82) is 0 Å². The highest BCUT2D eigenvalue weighted by atomic mass is 16.5. The van der Waals surface area contributed by atoms with Crippen molar-refractivity contribution in [3.63, 3.8) is 0 Å². The van der Waals surface area contributed by atoms with E-state index in [0.717, 1.165) is 24.0 Å². The van der Waals surface area contributed by atoms with E-state index in [0.29, 0.717) is 24.4 Å². The fourth-order valence-corrected chi connectivity index (χ4v) is 3.56. The summed E-state index contributed by atoms with van der Waals surface area (Å²) in [7, 11) is 0. The van der Waals surface area contributed by atoms with Gasteiger partial charge in [0, 0.05) is 0 Å². The van der Waals surface area contributed by atoms with E-state index >= 15 is 0 Å². The molecule has 5 nitrogen and oxygen atoms in total. The fraction of sp³-hybridized carbons (Fsp3) is 0.379. The second kappa shape index (κ2) is 14.2. The molecule has 0 unspecified atom stereocenters. The molecule has 0 aliphatic rings. The molecule has 0 spiro atoms. The van der Waals surface area contributed by atoms with E-state index in [1.165, 1.54) is 11.1 Å². The van der Waals surface area contributed by atoms with Gasteiger partial charge in [0.2, 0.25) is 0 Å². The molecule has 1 amide bonds. The molecular formula is C29H37NO4. The van der Waals surface area contributed by atoms with Crippen LogP contribution in [0.4, 0.5) is 5.69 Å². The van der Waals surface area contributed by atoms with Crippen molar-refractivity contribution >= 4 is 17.6 Å². The van der Waals surface area contributed by atoms with Gasteiger partial charge >= 0.3 is 5.97 Å². The fourth-order valence-electron chi connectivity index (χ4n) is 3.56. The van der Waals surface area contributed by atoms with Crippen molar-refractivity contribution in [3.8, 4) is 0 Å². The normalized spacial score (nSPS) is 11.1. The number of hydrogen-bond acceptors (Lipinski definition) is 4. The van der Waals surface area contributed by atoms with Gasteiger partial charge < -0.3 is 14.4 Å². The molecule has 5 heteroatoms.